The van der Waals surface area contributed by atoms with Gasteiger partial charge >= 0.3 is 0 Å². The van der Waals surface area contributed by atoms with Crippen LogP contribution in [0.15, 0.2) is 61.0 Å². The Hall–Kier alpha value is -1.53. The number of nitrogens with zero attached hydrogens (tertiary/aromatic N) is 2. The highest BCUT2D eigenvalue weighted by molar-refractivity contribution is 9.10. The Labute approximate surface area is 128 Å². The van der Waals surface area contributed by atoms with E-state index in [4.69, 9.17) is 8.94 Å². The third-order valence-electron chi connectivity index (χ3n) is 2.66. The predicted molar refractivity (Wildman–Crippen MR) is 80.4 cm³/mol. The first kappa shape index (κ1) is 13.5. The Balaban J connectivity index is 1.74. The number of hydrogen-bond acceptors (Lipinski definition) is 5. The van der Waals surface area contributed by atoms with Crippen LogP contribution in [0.1, 0.15) is 18.1 Å². The Kier molecular flexibility index (Phi) is 3.93. The topological polar surface area (TPSA) is 52.1 Å². The molecular formula is C14H11BrN2O2S. The maximum atomic E-state index is 5.29. The van der Waals surface area contributed by atoms with E-state index in [1.807, 2.05) is 19.1 Å². The lowest BCUT2D eigenvalue weighted by molar-refractivity contribution is 0.379. The van der Waals surface area contributed by atoms with Gasteiger partial charge in [0.1, 0.15) is 0 Å². The number of thioether (sulfide) groups is 1. The van der Waals surface area contributed by atoms with Crippen molar-refractivity contribution in [3.63, 3.8) is 0 Å². The smallest absolute Gasteiger partial charge is 0.240 e. The fourth-order valence-electron chi connectivity index (χ4n) is 1.67. The first-order valence-corrected chi connectivity index (χ1v) is 7.69. The van der Waals surface area contributed by atoms with Gasteiger partial charge in [-0.2, -0.15) is 4.98 Å². The van der Waals surface area contributed by atoms with E-state index in [1.54, 1.807) is 30.2 Å². The van der Waals surface area contributed by atoms with Crippen molar-refractivity contribution in [2.75, 3.05) is 0 Å². The number of rotatable bonds is 4. The Bertz CT molecular complexity index is 680. The Morgan fingerprint density at radius 1 is 1.20 bits per heavy atom. The van der Waals surface area contributed by atoms with E-state index < -0.39 is 0 Å². The lowest BCUT2D eigenvalue weighted by Crippen LogP contribution is -1.88. The van der Waals surface area contributed by atoms with E-state index in [0.29, 0.717) is 17.5 Å². The monoisotopic (exact) mass is 350 g/mol. The number of benzene rings is 1. The minimum atomic E-state index is 0.0763. The molecule has 3 aromatic rings. The quantitative estimate of drug-likeness (QED) is 0.623. The summed E-state index contributed by atoms with van der Waals surface area (Å²) < 4.78 is 11.6. The Morgan fingerprint density at radius 3 is 2.70 bits per heavy atom. The summed E-state index contributed by atoms with van der Waals surface area (Å²) in [6.07, 6.45) is 1.59. The van der Waals surface area contributed by atoms with Crippen molar-refractivity contribution >= 4 is 27.7 Å². The standard InChI is InChI=1S/C14H11BrN2O2S/c1-9(20-11-6-4-10(15)5-7-11)14-16-13(17-19-14)12-3-2-8-18-12/h2-9H,1H3/t9-/m0/s1. The van der Waals surface area contributed by atoms with E-state index in [2.05, 4.69) is 38.2 Å². The summed E-state index contributed by atoms with van der Waals surface area (Å²) in [5.74, 6) is 1.68. The highest BCUT2D eigenvalue weighted by atomic mass is 79.9. The molecule has 1 atom stereocenters. The molecule has 20 heavy (non-hydrogen) atoms. The molecule has 0 aliphatic heterocycles. The summed E-state index contributed by atoms with van der Waals surface area (Å²) in [6, 6.07) is 11.7. The minimum Gasteiger partial charge on any atom is -0.461 e. The van der Waals surface area contributed by atoms with Crippen molar-refractivity contribution in [2.45, 2.75) is 17.1 Å². The average molecular weight is 351 g/mol. The van der Waals surface area contributed by atoms with E-state index >= 15 is 0 Å². The molecule has 0 N–H and O–H groups in total. The van der Waals surface area contributed by atoms with Gasteiger partial charge in [0.2, 0.25) is 11.7 Å². The Morgan fingerprint density at radius 2 is 2.00 bits per heavy atom. The predicted octanol–water partition coefficient (Wildman–Crippen LogP) is 4.95. The SMILES string of the molecule is C[C@H](Sc1ccc(Br)cc1)c1nc(-c2ccco2)no1. The molecule has 0 amide bonds. The molecular weight excluding hydrogens is 340 g/mol. The third kappa shape index (κ3) is 2.96. The van der Waals surface area contributed by atoms with Gasteiger partial charge in [-0.3, -0.25) is 0 Å². The molecule has 2 aromatic heterocycles. The van der Waals surface area contributed by atoms with Crippen LogP contribution in [0.25, 0.3) is 11.6 Å². The van der Waals surface area contributed by atoms with Crippen LogP contribution in [0, 0.1) is 0 Å². The summed E-state index contributed by atoms with van der Waals surface area (Å²) in [6.45, 7) is 2.03. The molecule has 0 saturated heterocycles. The van der Waals surface area contributed by atoms with Crippen LogP contribution in [0.5, 0.6) is 0 Å². The lowest BCUT2D eigenvalue weighted by atomic mass is 10.4. The lowest BCUT2D eigenvalue weighted by Gasteiger charge is -2.05. The van der Waals surface area contributed by atoms with Crippen LogP contribution in [-0.4, -0.2) is 10.1 Å². The van der Waals surface area contributed by atoms with Crippen molar-refractivity contribution in [3.8, 4) is 11.6 Å². The second kappa shape index (κ2) is 5.85. The van der Waals surface area contributed by atoms with Crippen LogP contribution in [0.4, 0.5) is 0 Å². The van der Waals surface area contributed by atoms with Crippen LogP contribution in [0.3, 0.4) is 0 Å². The number of furan rings is 1. The van der Waals surface area contributed by atoms with Crippen LogP contribution in [-0.2, 0) is 0 Å². The van der Waals surface area contributed by atoms with Gasteiger partial charge < -0.3 is 8.94 Å². The number of aromatic nitrogens is 2. The molecule has 0 aliphatic carbocycles. The van der Waals surface area contributed by atoms with Crippen molar-refractivity contribution in [3.05, 3.63) is 53.0 Å². The molecule has 0 unspecified atom stereocenters. The molecule has 4 nitrogen and oxygen atoms in total. The van der Waals surface area contributed by atoms with Crippen LogP contribution >= 0.6 is 27.7 Å². The first-order valence-electron chi connectivity index (χ1n) is 6.02. The van der Waals surface area contributed by atoms with Gasteiger partial charge in [0.15, 0.2) is 5.76 Å². The molecule has 102 valence electrons. The van der Waals surface area contributed by atoms with E-state index in [1.165, 1.54) is 0 Å². The highest BCUT2D eigenvalue weighted by Gasteiger charge is 2.17. The van der Waals surface area contributed by atoms with Gasteiger partial charge in [0.05, 0.1) is 11.5 Å². The average Bonchev–Trinajstić information content (AvgIpc) is 3.11. The van der Waals surface area contributed by atoms with Gasteiger partial charge in [-0.25, -0.2) is 0 Å². The molecule has 2 heterocycles. The summed E-state index contributed by atoms with van der Waals surface area (Å²) in [5, 5.41) is 4.01. The maximum Gasteiger partial charge on any atom is 0.240 e. The molecule has 0 saturated carbocycles. The highest BCUT2D eigenvalue weighted by Crippen LogP contribution is 2.35. The van der Waals surface area contributed by atoms with Gasteiger partial charge in [-0.1, -0.05) is 21.1 Å². The summed E-state index contributed by atoms with van der Waals surface area (Å²) in [7, 11) is 0. The number of halogens is 1. The van der Waals surface area contributed by atoms with Crippen molar-refractivity contribution in [1.82, 2.24) is 10.1 Å². The fourth-order valence-corrected chi connectivity index (χ4v) is 2.84. The zero-order valence-corrected chi connectivity index (χ0v) is 13.0. The molecule has 1 aromatic carbocycles. The minimum absolute atomic E-state index is 0.0763. The van der Waals surface area contributed by atoms with Crippen molar-refractivity contribution in [1.29, 1.82) is 0 Å². The normalized spacial score (nSPS) is 12.5. The van der Waals surface area contributed by atoms with E-state index in [9.17, 15) is 0 Å². The first-order chi connectivity index (χ1) is 9.72. The van der Waals surface area contributed by atoms with Crippen LogP contribution in [0.2, 0.25) is 0 Å². The van der Waals surface area contributed by atoms with Crippen LogP contribution < -0.4 is 0 Å². The van der Waals surface area contributed by atoms with Gasteiger partial charge in [0.25, 0.3) is 0 Å². The zero-order chi connectivity index (χ0) is 13.9. The molecule has 0 aliphatic rings. The second-order valence-corrected chi connectivity index (χ2v) is 6.48. The second-order valence-electron chi connectivity index (χ2n) is 4.15. The molecule has 6 heteroatoms. The summed E-state index contributed by atoms with van der Waals surface area (Å²) in [4.78, 5) is 5.52. The van der Waals surface area contributed by atoms with Gasteiger partial charge in [-0.05, 0) is 43.3 Å². The fraction of sp³-hybridized carbons (Fsp3) is 0.143. The summed E-state index contributed by atoms with van der Waals surface area (Å²) in [5.41, 5.74) is 0. The maximum absolute atomic E-state index is 5.29. The molecule has 0 spiro atoms. The molecule has 0 bridgehead atoms. The van der Waals surface area contributed by atoms with Gasteiger partial charge in [-0.15, -0.1) is 11.8 Å². The van der Waals surface area contributed by atoms with Gasteiger partial charge in [0, 0.05) is 9.37 Å². The van der Waals surface area contributed by atoms with E-state index in [-0.39, 0.29) is 5.25 Å². The van der Waals surface area contributed by atoms with Crippen molar-refractivity contribution in [2.24, 2.45) is 0 Å². The molecule has 0 fully saturated rings. The third-order valence-corrected chi connectivity index (χ3v) is 4.29. The molecule has 3 rings (SSSR count). The number of hydrogen-bond donors (Lipinski definition) is 0. The molecule has 0 radical (unpaired) electrons. The largest absolute Gasteiger partial charge is 0.461 e. The zero-order valence-electron chi connectivity index (χ0n) is 10.6. The van der Waals surface area contributed by atoms with E-state index in [0.717, 1.165) is 9.37 Å². The van der Waals surface area contributed by atoms with Crippen molar-refractivity contribution < 1.29 is 8.94 Å². The summed E-state index contributed by atoms with van der Waals surface area (Å²) >= 11 is 5.09.